The van der Waals surface area contributed by atoms with Crippen LogP contribution in [-0.2, 0) is 13.1 Å². The highest BCUT2D eigenvalue weighted by Crippen LogP contribution is 2.32. The third-order valence-corrected chi connectivity index (χ3v) is 7.99. The Morgan fingerprint density at radius 3 is 2.02 bits per heavy atom. The van der Waals surface area contributed by atoms with E-state index in [1.165, 1.54) is 55.6 Å². The first-order valence-corrected chi connectivity index (χ1v) is 14.7. The van der Waals surface area contributed by atoms with Crippen molar-refractivity contribution in [3.05, 3.63) is 145 Å². The van der Waals surface area contributed by atoms with Gasteiger partial charge >= 0.3 is 0 Å². The van der Waals surface area contributed by atoms with Crippen LogP contribution in [0.25, 0.3) is 39.0 Å². The van der Waals surface area contributed by atoms with Crippen molar-refractivity contribution in [3.8, 4) is 0 Å². The van der Waals surface area contributed by atoms with E-state index < -0.39 is 0 Å². The van der Waals surface area contributed by atoms with Crippen LogP contribution in [0.5, 0.6) is 0 Å². The highest BCUT2D eigenvalue weighted by molar-refractivity contribution is 5.89. The zero-order valence-electron chi connectivity index (χ0n) is 24.9. The third kappa shape index (κ3) is 6.63. The molecule has 218 valence electrons. The number of rotatable bonds is 7. The van der Waals surface area contributed by atoms with Gasteiger partial charge in [-0.3, -0.25) is 0 Å². The summed E-state index contributed by atoms with van der Waals surface area (Å²) in [5.74, 6) is 0. The fourth-order valence-electron chi connectivity index (χ4n) is 5.96. The van der Waals surface area contributed by atoms with Crippen LogP contribution in [0.1, 0.15) is 37.7 Å². The maximum Gasteiger partial charge on any atom is 0.213 e. The Hall–Kier alpha value is -3.30. The van der Waals surface area contributed by atoms with Crippen molar-refractivity contribution in [1.82, 2.24) is 0 Å². The monoisotopic (exact) mass is 789 g/mol. The number of hydrogen-bond donors (Lipinski definition) is 0. The molecule has 0 spiro atoms. The first kappa shape index (κ1) is 32.6. The van der Waals surface area contributed by atoms with Crippen molar-refractivity contribution in [2.24, 2.45) is 0 Å². The second-order valence-electron chi connectivity index (χ2n) is 10.3. The highest BCUT2D eigenvalue weighted by atomic mass is 127. The van der Waals surface area contributed by atoms with Gasteiger partial charge in [-0.1, -0.05) is 54.6 Å². The normalized spacial score (nSPS) is 13.8. The summed E-state index contributed by atoms with van der Waals surface area (Å²) in [7, 11) is 0. The lowest BCUT2D eigenvalue weighted by molar-refractivity contribution is -0.671. The Morgan fingerprint density at radius 1 is 0.698 bits per heavy atom. The number of anilines is 1. The molecule has 1 aliphatic rings. The van der Waals surface area contributed by atoms with Gasteiger partial charge in [-0.2, -0.15) is 9.13 Å². The van der Waals surface area contributed by atoms with E-state index >= 15 is 0 Å². The van der Waals surface area contributed by atoms with E-state index in [0.29, 0.717) is 0 Å². The Bertz CT molecular complexity index is 1870. The third-order valence-electron chi connectivity index (χ3n) is 7.99. The minimum Gasteiger partial charge on any atom is -1.00 e. The molecule has 0 amide bonds. The first-order chi connectivity index (χ1) is 20.2. The standard InChI is InChI=1S/C38H37N3.2HI/c1-4-39-27-26-29(34-18-9-12-21-38(34)39)16-13-17-32(37-25-23-31-15-8-11-20-36(31)41(37)6-3)28-33-24-22-30-14-7-10-19-35(30)40(33)5-2;;/h7-28H,4-6H2,1-3H3;2*1H/q+2;;/p-2. The van der Waals surface area contributed by atoms with Crippen LogP contribution in [0.4, 0.5) is 5.69 Å². The van der Waals surface area contributed by atoms with Crippen molar-refractivity contribution in [3.63, 3.8) is 0 Å². The van der Waals surface area contributed by atoms with Crippen molar-refractivity contribution in [1.29, 1.82) is 0 Å². The molecular formula is C38H37I2N3. The summed E-state index contributed by atoms with van der Waals surface area (Å²) in [4.78, 5) is 2.30. The molecule has 43 heavy (non-hydrogen) atoms. The summed E-state index contributed by atoms with van der Waals surface area (Å²) in [6, 6.07) is 34.9. The summed E-state index contributed by atoms with van der Waals surface area (Å²) < 4.78 is 4.82. The topological polar surface area (TPSA) is 11.0 Å². The van der Waals surface area contributed by atoms with Crippen LogP contribution >= 0.6 is 0 Å². The van der Waals surface area contributed by atoms with E-state index in [9.17, 15) is 0 Å². The van der Waals surface area contributed by atoms with Gasteiger partial charge in [0.15, 0.2) is 0 Å². The summed E-state index contributed by atoms with van der Waals surface area (Å²) >= 11 is 0. The second kappa shape index (κ2) is 14.9. The predicted molar refractivity (Wildman–Crippen MR) is 173 cm³/mol. The summed E-state index contributed by atoms with van der Waals surface area (Å²) in [5.41, 5.74) is 9.80. The van der Waals surface area contributed by atoms with E-state index in [1.807, 2.05) is 0 Å². The minimum atomic E-state index is 0. The molecule has 1 aliphatic heterocycles. The molecule has 0 bridgehead atoms. The molecule has 2 aromatic heterocycles. The SMILES string of the molecule is CCN1C=CC(=CC=CC(=Cc2ccc3ccccc3[n+]2CC)c2ccc3ccccc3[n+]2CC)c2ccccc21.[I-].[I-]. The molecule has 0 atom stereocenters. The van der Waals surface area contributed by atoms with Gasteiger partial charge in [0.2, 0.25) is 22.4 Å². The number of halogens is 2. The van der Waals surface area contributed by atoms with E-state index in [4.69, 9.17) is 0 Å². The molecule has 0 unspecified atom stereocenters. The average molecular weight is 790 g/mol. The molecule has 6 rings (SSSR count). The van der Waals surface area contributed by atoms with Gasteiger partial charge in [0.1, 0.15) is 13.1 Å². The van der Waals surface area contributed by atoms with Crippen molar-refractivity contribution in [2.75, 3.05) is 11.4 Å². The molecule has 0 aliphatic carbocycles. The van der Waals surface area contributed by atoms with Gasteiger partial charge in [0.05, 0.1) is 5.57 Å². The van der Waals surface area contributed by atoms with Crippen LogP contribution in [0, 0.1) is 0 Å². The molecule has 0 N–H and O–H groups in total. The van der Waals surface area contributed by atoms with E-state index in [2.05, 4.69) is 168 Å². The number of pyridine rings is 2. The largest absolute Gasteiger partial charge is 1.00 e. The molecule has 0 saturated carbocycles. The Kier molecular flexibility index (Phi) is 11.3. The molecule has 3 nitrogen and oxygen atoms in total. The first-order valence-electron chi connectivity index (χ1n) is 14.7. The van der Waals surface area contributed by atoms with Crippen molar-refractivity contribution in [2.45, 2.75) is 33.9 Å². The second-order valence-corrected chi connectivity index (χ2v) is 10.3. The number of allylic oxidation sites excluding steroid dienone is 6. The fourth-order valence-corrected chi connectivity index (χ4v) is 5.96. The number of benzene rings is 3. The number of nitrogens with zero attached hydrogens (tertiary/aromatic N) is 3. The quantitative estimate of drug-likeness (QED) is 0.140. The predicted octanol–water partition coefficient (Wildman–Crippen LogP) is 2.15. The smallest absolute Gasteiger partial charge is 0.213 e. The summed E-state index contributed by atoms with van der Waals surface area (Å²) in [6.45, 7) is 9.37. The number of aromatic nitrogens is 2. The molecule has 3 aromatic carbocycles. The van der Waals surface area contributed by atoms with Gasteiger partial charge in [-0.15, -0.1) is 0 Å². The fraction of sp³-hybridized carbons (Fsp3) is 0.158. The van der Waals surface area contributed by atoms with E-state index in [1.54, 1.807) is 0 Å². The van der Waals surface area contributed by atoms with E-state index in [-0.39, 0.29) is 48.0 Å². The average Bonchev–Trinajstić information content (AvgIpc) is 3.03. The molecule has 5 aromatic rings. The molecule has 5 heteroatoms. The Morgan fingerprint density at radius 2 is 1.33 bits per heavy atom. The van der Waals surface area contributed by atoms with Gasteiger partial charge in [-0.25, -0.2) is 0 Å². The molecule has 0 saturated heterocycles. The van der Waals surface area contributed by atoms with Gasteiger partial charge in [0.25, 0.3) is 0 Å². The lowest BCUT2D eigenvalue weighted by Crippen LogP contribution is -3.00. The summed E-state index contributed by atoms with van der Waals surface area (Å²) in [5, 5.41) is 2.51. The molecule has 3 heterocycles. The van der Waals surface area contributed by atoms with Crippen LogP contribution < -0.4 is 62.0 Å². The number of fused-ring (bicyclic) bond motifs is 3. The maximum absolute atomic E-state index is 2.42. The van der Waals surface area contributed by atoms with Crippen LogP contribution in [0.3, 0.4) is 0 Å². The molecular weight excluding hydrogens is 752 g/mol. The van der Waals surface area contributed by atoms with Crippen LogP contribution in [0.2, 0.25) is 0 Å². The van der Waals surface area contributed by atoms with E-state index in [0.717, 1.165) is 19.6 Å². The Labute approximate surface area is 289 Å². The van der Waals surface area contributed by atoms with Crippen molar-refractivity contribution >= 4 is 44.7 Å². The Balaban J connectivity index is 0.00000212. The highest BCUT2D eigenvalue weighted by Gasteiger charge is 2.20. The number of aryl methyl sites for hydroxylation is 2. The zero-order valence-corrected chi connectivity index (χ0v) is 29.2. The van der Waals surface area contributed by atoms with Gasteiger partial charge in [-0.05, 0) is 68.8 Å². The van der Waals surface area contributed by atoms with Crippen molar-refractivity contribution < 1.29 is 57.1 Å². The zero-order chi connectivity index (χ0) is 28.2. The lowest BCUT2D eigenvalue weighted by atomic mass is 9.99. The summed E-state index contributed by atoms with van der Waals surface area (Å²) in [6.07, 6.45) is 13.5. The maximum atomic E-state index is 2.42. The van der Waals surface area contributed by atoms with Gasteiger partial charge in [0, 0.05) is 65.1 Å². The van der Waals surface area contributed by atoms with Crippen LogP contribution in [0.15, 0.2) is 128 Å². The number of hydrogen-bond acceptors (Lipinski definition) is 1. The number of para-hydroxylation sites is 3. The minimum absolute atomic E-state index is 0. The lowest BCUT2D eigenvalue weighted by Gasteiger charge is -2.26. The molecule has 0 fully saturated rings. The molecule has 0 radical (unpaired) electrons. The van der Waals surface area contributed by atoms with Crippen LogP contribution in [-0.4, -0.2) is 6.54 Å². The van der Waals surface area contributed by atoms with Gasteiger partial charge < -0.3 is 52.9 Å².